The predicted molar refractivity (Wildman–Crippen MR) is 94.3 cm³/mol. The predicted octanol–water partition coefficient (Wildman–Crippen LogP) is 3.33. The molecule has 126 valence electrons. The van der Waals surface area contributed by atoms with Crippen LogP contribution in [0, 0.1) is 6.92 Å². The number of hydrogen-bond donors (Lipinski definition) is 2. The van der Waals surface area contributed by atoms with Crippen molar-refractivity contribution in [2.24, 2.45) is 0 Å². The quantitative estimate of drug-likeness (QED) is 0.856. The Kier molecular flexibility index (Phi) is 5.39. The van der Waals surface area contributed by atoms with E-state index >= 15 is 0 Å². The minimum absolute atomic E-state index is 0.0410. The summed E-state index contributed by atoms with van der Waals surface area (Å²) in [7, 11) is 0. The molecule has 0 aliphatic heterocycles. The number of nitrogens with one attached hydrogen (secondary N) is 1. The van der Waals surface area contributed by atoms with E-state index in [2.05, 4.69) is 5.32 Å². The molecule has 2 aromatic rings. The number of hydrogen-bond acceptors (Lipinski definition) is 2. The summed E-state index contributed by atoms with van der Waals surface area (Å²) in [6.07, 6.45) is 0.594. The summed E-state index contributed by atoms with van der Waals surface area (Å²) in [4.78, 5) is 23.5. The van der Waals surface area contributed by atoms with Crippen LogP contribution in [0.5, 0.6) is 0 Å². The topological polar surface area (TPSA) is 66.4 Å². The Hall–Kier alpha value is -2.62. The van der Waals surface area contributed by atoms with Gasteiger partial charge in [0.25, 0.3) is 0 Å². The lowest BCUT2D eigenvalue weighted by atomic mass is 9.83. The van der Waals surface area contributed by atoms with Gasteiger partial charge in [0.15, 0.2) is 0 Å². The van der Waals surface area contributed by atoms with Gasteiger partial charge in [-0.25, -0.2) is 4.79 Å². The highest BCUT2D eigenvalue weighted by Gasteiger charge is 2.29. The van der Waals surface area contributed by atoms with Crippen LogP contribution in [0.15, 0.2) is 48.5 Å². The van der Waals surface area contributed by atoms with Gasteiger partial charge in [0.05, 0.1) is 11.0 Å². The number of aryl methyl sites for hydroxylation is 1. The molecule has 0 saturated carbocycles. The molecule has 0 saturated heterocycles. The summed E-state index contributed by atoms with van der Waals surface area (Å²) in [5, 5.41) is 12.0. The third kappa shape index (κ3) is 4.22. The third-order valence-corrected chi connectivity index (χ3v) is 4.21. The fraction of sp³-hybridized carbons (Fsp3) is 0.300. The summed E-state index contributed by atoms with van der Waals surface area (Å²) >= 11 is 0. The van der Waals surface area contributed by atoms with Crippen LogP contribution in [-0.2, 0) is 16.6 Å². The molecule has 4 heteroatoms. The van der Waals surface area contributed by atoms with Crippen LogP contribution < -0.4 is 5.32 Å². The average Bonchev–Trinajstić information content (AvgIpc) is 2.55. The van der Waals surface area contributed by atoms with Crippen LogP contribution in [0.4, 0.5) is 0 Å². The van der Waals surface area contributed by atoms with Crippen LogP contribution in [-0.4, -0.2) is 23.5 Å². The maximum Gasteiger partial charge on any atom is 0.335 e. The average molecular weight is 325 g/mol. The smallest absolute Gasteiger partial charge is 0.335 e. The van der Waals surface area contributed by atoms with E-state index in [4.69, 9.17) is 5.11 Å². The fourth-order valence-electron chi connectivity index (χ4n) is 2.50. The number of aromatic carboxylic acids is 1. The Morgan fingerprint density at radius 1 is 1.08 bits per heavy atom. The molecule has 0 aromatic heterocycles. The molecule has 0 atom stereocenters. The van der Waals surface area contributed by atoms with E-state index in [0.29, 0.717) is 13.0 Å². The van der Waals surface area contributed by atoms with Crippen molar-refractivity contribution in [3.8, 4) is 0 Å². The Morgan fingerprint density at radius 3 is 2.38 bits per heavy atom. The summed E-state index contributed by atoms with van der Waals surface area (Å²) < 4.78 is 0. The molecule has 0 aliphatic carbocycles. The van der Waals surface area contributed by atoms with Crippen LogP contribution in [0.2, 0.25) is 0 Å². The Balaban J connectivity index is 1.96. The first-order valence-electron chi connectivity index (χ1n) is 7.98. The van der Waals surface area contributed by atoms with E-state index in [1.54, 1.807) is 18.2 Å². The van der Waals surface area contributed by atoms with E-state index < -0.39 is 11.4 Å². The van der Waals surface area contributed by atoms with Crippen LogP contribution >= 0.6 is 0 Å². The van der Waals surface area contributed by atoms with E-state index in [0.717, 1.165) is 16.7 Å². The molecule has 0 bridgehead atoms. The summed E-state index contributed by atoms with van der Waals surface area (Å²) in [5.41, 5.74) is 2.67. The zero-order valence-corrected chi connectivity index (χ0v) is 14.3. The molecule has 0 fully saturated rings. The van der Waals surface area contributed by atoms with Crippen molar-refractivity contribution in [1.82, 2.24) is 5.32 Å². The fourth-order valence-corrected chi connectivity index (χ4v) is 2.50. The molecule has 0 spiro atoms. The third-order valence-electron chi connectivity index (χ3n) is 4.21. The lowest BCUT2D eigenvalue weighted by Gasteiger charge is -2.24. The van der Waals surface area contributed by atoms with Gasteiger partial charge in [0.2, 0.25) is 5.91 Å². The van der Waals surface area contributed by atoms with Crippen LogP contribution in [0.1, 0.15) is 40.9 Å². The van der Waals surface area contributed by atoms with Gasteiger partial charge in [-0.1, -0.05) is 42.0 Å². The summed E-state index contributed by atoms with van der Waals surface area (Å²) in [5.74, 6) is -0.984. The zero-order valence-electron chi connectivity index (χ0n) is 14.3. The Bertz CT molecular complexity index is 733. The van der Waals surface area contributed by atoms with Gasteiger partial charge in [-0.15, -0.1) is 0 Å². The zero-order chi connectivity index (χ0) is 17.7. The lowest BCUT2D eigenvalue weighted by Crippen LogP contribution is -2.40. The Labute approximate surface area is 142 Å². The number of benzene rings is 2. The number of carboxylic acid groups (broad SMARTS) is 1. The van der Waals surface area contributed by atoms with Crippen molar-refractivity contribution in [2.75, 3.05) is 6.54 Å². The number of rotatable bonds is 6. The lowest BCUT2D eigenvalue weighted by molar-refractivity contribution is -0.125. The first kappa shape index (κ1) is 17.7. The maximum absolute atomic E-state index is 12.5. The van der Waals surface area contributed by atoms with Crippen molar-refractivity contribution in [2.45, 2.75) is 32.6 Å². The van der Waals surface area contributed by atoms with Gasteiger partial charge < -0.3 is 10.4 Å². The molecule has 24 heavy (non-hydrogen) atoms. The van der Waals surface area contributed by atoms with E-state index in [-0.39, 0.29) is 11.5 Å². The van der Waals surface area contributed by atoms with Gasteiger partial charge in [-0.3, -0.25) is 4.79 Å². The van der Waals surface area contributed by atoms with Gasteiger partial charge in [0.1, 0.15) is 0 Å². The van der Waals surface area contributed by atoms with E-state index in [1.807, 2.05) is 51.1 Å². The normalized spacial score (nSPS) is 11.1. The number of amides is 1. The van der Waals surface area contributed by atoms with Crippen molar-refractivity contribution in [3.05, 3.63) is 70.8 Å². The molecule has 2 N–H and O–H groups in total. The van der Waals surface area contributed by atoms with Gasteiger partial charge in [-0.05, 0) is 50.5 Å². The molecule has 2 rings (SSSR count). The van der Waals surface area contributed by atoms with Crippen LogP contribution in [0.25, 0.3) is 0 Å². The standard InChI is InChI=1S/C20H23NO3/c1-14-7-9-17(10-8-14)20(2,3)19(24)21-12-11-15-5-4-6-16(13-15)18(22)23/h4-10,13H,11-12H2,1-3H3,(H,21,24)(H,22,23). The Morgan fingerprint density at radius 2 is 1.75 bits per heavy atom. The minimum atomic E-state index is -0.943. The van der Waals surface area contributed by atoms with Crippen molar-refractivity contribution < 1.29 is 14.7 Å². The molecule has 0 unspecified atom stereocenters. The van der Waals surface area contributed by atoms with Gasteiger partial charge in [-0.2, -0.15) is 0 Å². The van der Waals surface area contributed by atoms with Gasteiger partial charge >= 0.3 is 5.97 Å². The highest BCUT2D eigenvalue weighted by atomic mass is 16.4. The first-order valence-corrected chi connectivity index (χ1v) is 7.98. The largest absolute Gasteiger partial charge is 0.478 e. The number of carbonyl (C=O) groups is 2. The highest BCUT2D eigenvalue weighted by molar-refractivity contribution is 5.88. The van der Waals surface area contributed by atoms with Crippen molar-refractivity contribution in [1.29, 1.82) is 0 Å². The van der Waals surface area contributed by atoms with Crippen LogP contribution in [0.3, 0.4) is 0 Å². The number of carboxylic acids is 1. The molecule has 0 aliphatic rings. The molecule has 4 nitrogen and oxygen atoms in total. The molecule has 0 radical (unpaired) electrons. The summed E-state index contributed by atoms with van der Waals surface area (Å²) in [6.45, 7) is 6.29. The molecule has 2 aromatic carbocycles. The second-order valence-electron chi connectivity index (χ2n) is 6.50. The van der Waals surface area contributed by atoms with E-state index in [1.165, 1.54) is 0 Å². The second-order valence-corrected chi connectivity index (χ2v) is 6.50. The summed E-state index contributed by atoms with van der Waals surface area (Å²) in [6, 6.07) is 14.7. The monoisotopic (exact) mass is 325 g/mol. The number of carbonyl (C=O) groups excluding carboxylic acids is 1. The highest BCUT2D eigenvalue weighted by Crippen LogP contribution is 2.23. The molecule has 1 amide bonds. The SMILES string of the molecule is Cc1ccc(C(C)(C)C(=O)NCCc2cccc(C(=O)O)c2)cc1. The molecule has 0 heterocycles. The van der Waals surface area contributed by atoms with Crippen molar-refractivity contribution in [3.63, 3.8) is 0 Å². The maximum atomic E-state index is 12.5. The second kappa shape index (κ2) is 7.30. The first-order chi connectivity index (χ1) is 11.3. The van der Waals surface area contributed by atoms with E-state index in [9.17, 15) is 9.59 Å². The molecular formula is C20H23NO3. The van der Waals surface area contributed by atoms with Gasteiger partial charge in [0, 0.05) is 6.54 Å². The molecular weight excluding hydrogens is 302 g/mol. The van der Waals surface area contributed by atoms with Crippen molar-refractivity contribution >= 4 is 11.9 Å². The minimum Gasteiger partial charge on any atom is -0.478 e.